The first-order valence-corrected chi connectivity index (χ1v) is 8.13. The van der Waals surface area contributed by atoms with E-state index in [0.29, 0.717) is 10.6 Å². The summed E-state index contributed by atoms with van der Waals surface area (Å²) in [6, 6.07) is 7.02. The number of hydrazone groups is 1. The van der Waals surface area contributed by atoms with Gasteiger partial charge in [-0.1, -0.05) is 11.6 Å². The fourth-order valence-electron chi connectivity index (χ4n) is 3.53. The molecule has 0 aliphatic carbocycles. The summed E-state index contributed by atoms with van der Waals surface area (Å²) in [5.74, 6) is -0.0940. The molecule has 1 fully saturated rings. The van der Waals surface area contributed by atoms with E-state index in [2.05, 4.69) is 18.9 Å². The number of hydrogen-bond donors (Lipinski definition) is 2. The van der Waals surface area contributed by atoms with Gasteiger partial charge in [0, 0.05) is 16.5 Å². The Kier molecular flexibility index (Phi) is 4.62. The topological polar surface area (TPSA) is 84.7 Å². The summed E-state index contributed by atoms with van der Waals surface area (Å²) in [6.45, 7) is 8.20. The normalized spacial score (nSPS) is 22.5. The number of Topliss-reactive ketones (excluding diaryl/α,β-unsaturated/α-hetero) is 1. The van der Waals surface area contributed by atoms with Gasteiger partial charge in [-0.2, -0.15) is 0 Å². The molecule has 1 heterocycles. The second-order valence-electron chi connectivity index (χ2n) is 7.27. The summed E-state index contributed by atoms with van der Waals surface area (Å²) in [4.78, 5) is 13.0. The van der Waals surface area contributed by atoms with Gasteiger partial charge in [-0.15, -0.1) is 5.10 Å². The number of carbonyl (C=O) groups excluding carboxylic acids is 1. The van der Waals surface area contributed by atoms with Crippen molar-refractivity contribution in [1.29, 1.82) is 0 Å². The first kappa shape index (κ1) is 17.6. The molecule has 126 valence electrons. The number of hydrogen-bond acceptors (Lipinski definition) is 3. The lowest BCUT2D eigenvalue weighted by atomic mass is 9.71. The second-order valence-corrected chi connectivity index (χ2v) is 7.70. The maximum atomic E-state index is 13.0. The summed E-state index contributed by atoms with van der Waals surface area (Å²) >= 11 is 5.91. The minimum absolute atomic E-state index is 0.00532. The van der Waals surface area contributed by atoms with Gasteiger partial charge in [0.15, 0.2) is 5.78 Å². The fraction of sp³-hybridized carbons (Fsp3) is 0.529. The van der Waals surface area contributed by atoms with Crippen molar-refractivity contribution in [2.75, 3.05) is 0 Å². The van der Waals surface area contributed by atoms with Crippen LogP contribution in [-0.2, 0) is 0 Å². The Balaban J connectivity index is 2.38. The molecule has 1 aliphatic rings. The molecule has 1 aromatic carbocycles. The lowest BCUT2D eigenvalue weighted by Crippen LogP contribution is -2.62. The molecule has 5 nitrogen and oxygen atoms in total. The summed E-state index contributed by atoms with van der Waals surface area (Å²) in [5, 5.41) is 6.82. The largest absolute Gasteiger partial charge is 0.369 e. The predicted octanol–water partition coefficient (Wildman–Crippen LogP) is 2.98. The average molecular weight is 337 g/mol. The molecule has 0 amide bonds. The highest BCUT2D eigenvalue weighted by atomic mass is 35.5. The van der Waals surface area contributed by atoms with Gasteiger partial charge in [-0.05, 0) is 64.8 Å². The van der Waals surface area contributed by atoms with Crippen molar-refractivity contribution in [3.8, 4) is 0 Å². The minimum Gasteiger partial charge on any atom is -0.369 e. The maximum Gasteiger partial charge on any atom is 0.208 e. The maximum absolute atomic E-state index is 13.0. The predicted molar refractivity (Wildman–Crippen MR) is 94.3 cm³/mol. The molecule has 2 rings (SSSR count). The van der Waals surface area contributed by atoms with Crippen molar-refractivity contribution >= 4 is 23.3 Å². The van der Waals surface area contributed by atoms with E-state index in [-0.39, 0.29) is 23.2 Å². The van der Waals surface area contributed by atoms with Crippen molar-refractivity contribution in [3.05, 3.63) is 34.9 Å². The zero-order valence-electron chi connectivity index (χ0n) is 14.1. The van der Waals surface area contributed by atoms with Crippen LogP contribution in [0.15, 0.2) is 29.4 Å². The van der Waals surface area contributed by atoms with Crippen molar-refractivity contribution in [3.63, 3.8) is 0 Å². The van der Waals surface area contributed by atoms with Gasteiger partial charge in [0.25, 0.3) is 0 Å². The average Bonchev–Trinajstić information content (AvgIpc) is 2.43. The zero-order valence-corrected chi connectivity index (χ0v) is 14.9. The molecule has 0 bridgehead atoms. The lowest BCUT2D eigenvalue weighted by Gasteiger charge is -2.54. The van der Waals surface area contributed by atoms with E-state index < -0.39 is 5.54 Å². The smallest absolute Gasteiger partial charge is 0.208 e. The summed E-state index contributed by atoms with van der Waals surface area (Å²) in [7, 11) is 0. The first-order chi connectivity index (χ1) is 10.6. The number of guanidine groups is 1. The van der Waals surface area contributed by atoms with E-state index in [0.717, 1.165) is 12.8 Å². The molecule has 6 heteroatoms. The molecule has 1 saturated heterocycles. The Bertz CT molecular complexity index is 618. The highest BCUT2D eigenvalue weighted by Crippen LogP contribution is 2.43. The molecule has 0 radical (unpaired) electrons. The van der Waals surface area contributed by atoms with Crippen LogP contribution in [0.4, 0.5) is 0 Å². The van der Waals surface area contributed by atoms with Crippen LogP contribution < -0.4 is 11.5 Å². The van der Waals surface area contributed by atoms with Crippen LogP contribution in [0.1, 0.15) is 50.9 Å². The Labute approximate surface area is 142 Å². The number of piperidine rings is 1. The molecule has 0 spiro atoms. The fourth-order valence-corrected chi connectivity index (χ4v) is 3.66. The van der Waals surface area contributed by atoms with Gasteiger partial charge in [-0.3, -0.25) is 9.80 Å². The minimum atomic E-state index is -0.498. The van der Waals surface area contributed by atoms with E-state index in [1.165, 1.54) is 0 Å². The molecule has 4 N–H and O–H groups in total. The van der Waals surface area contributed by atoms with Gasteiger partial charge < -0.3 is 11.5 Å². The van der Waals surface area contributed by atoms with Crippen molar-refractivity contribution < 1.29 is 4.79 Å². The van der Waals surface area contributed by atoms with Crippen LogP contribution in [0, 0.1) is 5.92 Å². The van der Waals surface area contributed by atoms with Crippen LogP contribution in [0.2, 0.25) is 5.02 Å². The van der Waals surface area contributed by atoms with Crippen LogP contribution in [0.3, 0.4) is 0 Å². The molecule has 1 aromatic rings. The molecular formula is C17H25ClN4O. The van der Waals surface area contributed by atoms with E-state index in [9.17, 15) is 4.79 Å². The molecule has 0 saturated carbocycles. The van der Waals surface area contributed by atoms with E-state index >= 15 is 0 Å². The number of nitrogens with zero attached hydrogens (tertiary/aromatic N) is 2. The number of nitrogens with two attached hydrogens (primary N) is 2. The Morgan fingerprint density at radius 3 is 2.30 bits per heavy atom. The van der Waals surface area contributed by atoms with Gasteiger partial charge >= 0.3 is 0 Å². The summed E-state index contributed by atoms with van der Waals surface area (Å²) in [6.07, 6.45) is 1.62. The molecule has 23 heavy (non-hydrogen) atoms. The van der Waals surface area contributed by atoms with Gasteiger partial charge in [0.2, 0.25) is 5.96 Å². The van der Waals surface area contributed by atoms with Crippen LogP contribution in [0.25, 0.3) is 0 Å². The number of carbonyl (C=O) groups is 1. The Hall–Kier alpha value is -1.75. The Morgan fingerprint density at radius 2 is 1.78 bits per heavy atom. The van der Waals surface area contributed by atoms with Crippen molar-refractivity contribution in [1.82, 2.24) is 5.01 Å². The van der Waals surface area contributed by atoms with Gasteiger partial charge in [-0.25, -0.2) is 0 Å². The number of benzene rings is 1. The highest BCUT2D eigenvalue weighted by molar-refractivity contribution is 6.30. The number of ketones is 1. The molecule has 1 unspecified atom stereocenters. The standard InChI is InChI=1S/C17H25ClN4O/c1-16(2)10-9-13(17(3,4)22(16)21-15(19)20)14(23)11-5-7-12(18)8-6-11/h5-8,13H,9-10H2,1-4H3,(H4,19,20,21). The van der Waals surface area contributed by atoms with Gasteiger partial charge in [0.05, 0.1) is 11.1 Å². The van der Waals surface area contributed by atoms with Crippen molar-refractivity contribution in [2.24, 2.45) is 22.5 Å². The molecule has 1 atom stereocenters. The van der Waals surface area contributed by atoms with E-state index in [1.54, 1.807) is 24.3 Å². The lowest BCUT2D eigenvalue weighted by molar-refractivity contribution is -0.0537. The Morgan fingerprint density at radius 1 is 1.22 bits per heavy atom. The van der Waals surface area contributed by atoms with Crippen molar-refractivity contribution in [2.45, 2.75) is 51.6 Å². The van der Waals surface area contributed by atoms with Gasteiger partial charge in [0.1, 0.15) is 0 Å². The van der Waals surface area contributed by atoms with Crippen LogP contribution >= 0.6 is 11.6 Å². The van der Waals surface area contributed by atoms with E-state index in [1.807, 2.05) is 18.9 Å². The second kappa shape index (κ2) is 6.04. The van der Waals surface area contributed by atoms with Crippen LogP contribution in [-0.4, -0.2) is 27.8 Å². The SMILES string of the molecule is CC1(C)CCC(C(=O)c2ccc(Cl)cc2)C(C)(C)N1N=C(N)N. The first-order valence-electron chi connectivity index (χ1n) is 7.75. The zero-order chi connectivity index (χ0) is 17.4. The summed E-state index contributed by atoms with van der Waals surface area (Å²) < 4.78 is 0. The quantitative estimate of drug-likeness (QED) is 0.505. The monoisotopic (exact) mass is 336 g/mol. The number of halogens is 1. The third kappa shape index (κ3) is 3.44. The summed E-state index contributed by atoms with van der Waals surface area (Å²) in [5.41, 5.74) is 11.2. The highest BCUT2D eigenvalue weighted by Gasteiger charge is 2.49. The van der Waals surface area contributed by atoms with E-state index in [4.69, 9.17) is 23.1 Å². The number of rotatable bonds is 3. The molecular weight excluding hydrogens is 312 g/mol. The molecule has 0 aromatic heterocycles. The third-order valence-corrected chi connectivity index (χ3v) is 4.93. The third-order valence-electron chi connectivity index (χ3n) is 4.68. The van der Waals surface area contributed by atoms with Crippen LogP contribution in [0.5, 0.6) is 0 Å². The molecule has 1 aliphatic heterocycles.